The van der Waals surface area contributed by atoms with Crippen molar-refractivity contribution in [1.82, 2.24) is 9.97 Å². The van der Waals surface area contributed by atoms with E-state index in [4.69, 9.17) is 21.6 Å². The van der Waals surface area contributed by atoms with Crippen LogP contribution in [0, 0.1) is 11.3 Å². The Kier molecular flexibility index (Phi) is 4.13. The van der Waals surface area contributed by atoms with Gasteiger partial charge in [-0.3, -0.25) is 10.1 Å². The van der Waals surface area contributed by atoms with Crippen molar-refractivity contribution in [2.75, 3.05) is 12.4 Å². The lowest BCUT2D eigenvalue weighted by molar-refractivity contribution is 0.102. The second-order valence-electron chi connectivity index (χ2n) is 3.70. The quantitative estimate of drug-likeness (QED) is 0.875. The molecule has 0 atom stereocenters. The molecule has 1 heterocycles. The van der Waals surface area contributed by atoms with Gasteiger partial charge >= 0.3 is 0 Å². The SMILES string of the molecule is COc1cc(Cl)nc(NC(=O)c2cccc(C#N)c2)n1. The minimum absolute atomic E-state index is 0.0294. The number of rotatable bonds is 3. The minimum Gasteiger partial charge on any atom is -0.481 e. The van der Waals surface area contributed by atoms with Gasteiger partial charge in [0.05, 0.1) is 18.7 Å². The first-order chi connectivity index (χ1) is 9.62. The summed E-state index contributed by atoms with van der Waals surface area (Å²) in [6, 6.07) is 9.66. The Morgan fingerprint density at radius 2 is 2.20 bits per heavy atom. The number of anilines is 1. The van der Waals surface area contributed by atoms with E-state index < -0.39 is 5.91 Å². The predicted octanol–water partition coefficient (Wildman–Crippen LogP) is 2.26. The van der Waals surface area contributed by atoms with Crippen molar-refractivity contribution in [3.05, 3.63) is 46.6 Å². The van der Waals surface area contributed by atoms with Crippen LogP contribution in [0.15, 0.2) is 30.3 Å². The summed E-state index contributed by atoms with van der Waals surface area (Å²) in [7, 11) is 1.43. The number of ether oxygens (including phenoxy) is 1. The van der Waals surface area contributed by atoms with Crippen molar-refractivity contribution in [3.63, 3.8) is 0 Å². The maximum atomic E-state index is 12.0. The molecule has 0 bridgehead atoms. The molecule has 1 N–H and O–H groups in total. The van der Waals surface area contributed by atoms with Crippen LogP contribution in [-0.4, -0.2) is 23.0 Å². The first-order valence-corrected chi connectivity index (χ1v) is 5.90. The summed E-state index contributed by atoms with van der Waals surface area (Å²) in [4.78, 5) is 19.8. The van der Waals surface area contributed by atoms with Crippen LogP contribution in [0.25, 0.3) is 0 Å². The number of nitriles is 1. The number of carbonyl (C=O) groups is 1. The molecule has 7 heteroatoms. The Balaban J connectivity index is 2.23. The van der Waals surface area contributed by atoms with E-state index in [1.165, 1.54) is 19.2 Å². The fraction of sp³-hybridized carbons (Fsp3) is 0.0769. The van der Waals surface area contributed by atoms with Crippen LogP contribution >= 0.6 is 11.6 Å². The lowest BCUT2D eigenvalue weighted by atomic mass is 10.1. The van der Waals surface area contributed by atoms with Gasteiger partial charge in [-0.2, -0.15) is 10.2 Å². The highest BCUT2D eigenvalue weighted by Crippen LogP contribution is 2.16. The number of nitrogens with zero attached hydrogens (tertiary/aromatic N) is 3. The van der Waals surface area contributed by atoms with E-state index in [0.29, 0.717) is 11.1 Å². The lowest BCUT2D eigenvalue weighted by Crippen LogP contribution is -2.14. The zero-order valence-corrected chi connectivity index (χ0v) is 11.2. The van der Waals surface area contributed by atoms with Gasteiger partial charge in [0.1, 0.15) is 5.15 Å². The second-order valence-corrected chi connectivity index (χ2v) is 4.09. The third-order valence-electron chi connectivity index (χ3n) is 2.36. The van der Waals surface area contributed by atoms with E-state index in [9.17, 15) is 4.79 Å². The molecule has 0 aliphatic carbocycles. The van der Waals surface area contributed by atoms with Gasteiger partial charge in [0, 0.05) is 11.6 Å². The zero-order chi connectivity index (χ0) is 14.5. The van der Waals surface area contributed by atoms with Crippen LogP contribution < -0.4 is 10.1 Å². The first kappa shape index (κ1) is 13.8. The number of hydrogen-bond donors (Lipinski definition) is 1. The number of aromatic nitrogens is 2. The summed E-state index contributed by atoms with van der Waals surface area (Å²) >= 11 is 5.78. The van der Waals surface area contributed by atoms with Crippen LogP contribution in [-0.2, 0) is 0 Å². The van der Waals surface area contributed by atoms with Gasteiger partial charge in [0.2, 0.25) is 11.8 Å². The largest absolute Gasteiger partial charge is 0.481 e. The topological polar surface area (TPSA) is 87.9 Å². The molecule has 0 aliphatic heterocycles. The van der Waals surface area contributed by atoms with Gasteiger partial charge in [0.15, 0.2) is 0 Å². The number of amides is 1. The Morgan fingerprint density at radius 3 is 2.90 bits per heavy atom. The van der Waals surface area contributed by atoms with Gasteiger partial charge in [0.25, 0.3) is 5.91 Å². The second kappa shape index (κ2) is 5.99. The standard InChI is InChI=1S/C13H9ClN4O2/c1-20-11-6-10(14)16-13(17-11)18-12(19)9-4-2-3-8(5-9)7-15/h2-6H,1H3,(H,16,17,18,19). The molecule has 1 aromatic heterocycles. The highest BCUT2D eigenvalue weighted by Gasteiger charge is 2.10. The van der Waals surface area contributed by atoms with Crippen LogP contribution in [0.4, 0.5) is 5.95 Å². The predicted molar refractivity (Wildman–Crippen MR) is 72.7 cm³/mol. The molecule has 1 amide bonds. The third kappa shape index (κ3) is 3.22. The normalized spacial score (nSPS) is 9.65. The highest BCUT2D eigenvalue weighted by atomic mass is 35.5. The molecule has 0 fully saturated rings. The van der Waals surface area contributed by atoms with Gasteiger partial charge < -0.3 is 4.74 Å². The molecule has 0 spiro atoms. The van der Waals surface area contributed by atoms with Crippen LogP contribution in [0.1, 0.15) is 15.9 Å². The molecule has 20 heavy (non-hydrogen) atoms. The van der Waals surface area contributed by atoms with E-state index in [0.717, 1.165) is 0 Å². The number of halogens is 1. The molecule has 0 saturated heterocycles. The Hall–Kier alpha value is -2.65. The lowest BCUT2D eigenvalue weighted by Gasteiger charge is -2.06. The molecule has 1 aromatic carbocycles. The summed E-state index contributed by atoms with van der Waals surface area (Å²) in [5, 5.41) is 11.4. The van der Waals surface area contributed by atoms with E-state index in [1.807, 2.05) is 6.07 Å². The Labute approximate surface area is 120 Å². The Morgan fingerprint density at radius 1 is 1.40 bits per heavy atom. The number of nitrogens with one attached hydrogen (secondary N) is 1. The van der Waals surface area contributed by atoms with Gasteiger partial charge in [-0.05, 0) is 18.2 Å². The molecule has 0 saturated carbocycles. The summed E-state index contributed by atoms with van der Waals surface area (Å²) in [5.41, 5.74) is 0.717. The summed E-state index contributed by atoms with van der Waals surface area (Å²) in [5.74, 6) is -0.167. The van der Waals surface area contributed by atoms with Crippen molar-refractivity contribution in [2.24, 2.45) is 0 Å². The van der Waals surface area contributed by atoms with Crippen molar-refractivity contribution in [1.29, 1.82) is 5.26 Å². The smallest absolute Gasteiger partial charge is 0.258 e. The molecule has 6 nitrogen and oxygen atoms in total. The maximum Gasteiger partial charge on any atom is 0.258 e. The van der Waals surface area contributed by atoms with E-state index in [-0.39, 0.29) is 17.0 Å². The van der Waals surface area contributed by atoms with E-state index in [1.54, 1.807) is 18.2 Å². The fourth-order valence-electron chi connectivity index (χ4n) is 1.46. The zero-order valence-electron chi connectivity index (χ0n) is 10.4. The number of hydrogen-bond acceptors (Lipinski definition) is 5. The van der Waals surface area contributed by atoms with Crippen molar-refractivity contribution >= 4 is 23.5 Å². The van der Waals surface area contributed by atoms with Crippen LogP contribution in [0.5, 0.6) is 5.88 Å². The minimum atomic E-state index is -0.439. The van der Waals surface area contributed by atoms with Crippen molar-refractivity contribution in [2.45, 2.75) is 0 Å². The molecule has 2 rings (SSSR count). The number of methoxy groups -OCH3 is 1. The fourth-order valence-corrected chi connectivity index (χ4v) is 1.63. The van der Waals surface area contributed by atoms with Gasteiger partial charge in [-0.1, -0.05) is 17.7 Å². The molecular weight excluding hydrogens is 280 g/mol. The maximum absolute atomic E-state index is 12.0. The number of benzene rings is 1. The summed E-state index contributed by atoms with van der Waals surface area (Å²) in [6.45, 7) is 0. The Bertz CT molecular complexity index is 697. The average Bonchev–Trinajstić information content (AvgIpc) is 2.46. The molecule has 0 unspecified atom stereocenters. The summed E-state index contributed by atoms with van der Waals surface area (Å²) < 4.78 is 4.93. The molecule has 2 aromatic rings. The molecule has 0 aliphatic rings. The number of carbonyl (C=O) groups excluding carboxylic acids is 1. The van der Waals surface area contributed by atoms with Crippen molar-refractivity contribution in [3.8, 4) is 11.9 Å². The molecule has 0 radical (unpaired) electrons. The third-order valence-corrected chi connectivity index (χ3v) is 2.55. The van der Waals surface area contributed by atoms with Crippen LogP contribution in [0.2, 0.25) is 5.15 Å². The average molecular weight is 289 g/mol. The van der Waals surface area contributed by atoms with Crippen LogP contribution in [0.3, 0.4) is 0 Å². The molecule has 100 valence electrons. The van der Waals surface area contributed by atoms with Gasteiger partial charge in [-0.15, -0.1) is 0 Å². The first-order valence-electron chi connectivity index (χ1n) is 5.52. The van der Waals surface area contributed by atoms with E-state index in [2.05, 4.69) is 15.3 Å². The summed E-state index contributed by atoms with van der Waals surface area (Å²) in [6.07, 6.45) is 0. The van der Waals surface area contributed by atoms with Crippen molar-refractivity contribution < 1.29 is 9.53 Å². The highest BCUT2D eigenvalue weighted by molar-refractivity contribution is 6.29. The molecular formula is C13H9ClN4O2. The monoisotopic (exact) mass is 288 g/mol. The van der Waals surface area contributed by atoms with E-state index >= 15 is 0 Å². The van der Waals surface area contributed by atoms with Gasteiger partial charge in [-0.25, -0.2) is 4.98 Å².